The van der Waals surface area contributed by atoms with Crippen molar-refractivity contribution in [3.05, 3.63) is 35.8 Å². The van der Waals surface area contributed by atoms with Gasteiger partial charge in [0.1, 0.15) is 5.82 Å². The number of nitrogens with zero attached hydrogens (tertiary/aromatic N) is 4. The molecule has 0 N–H and O–H groups in total. The normalized spacial score (nSPS) is 15.3. The molecule has 0 saturated carbocycles. The highest BCUT2D eigenvalue weighted by Crippen LogP contribution is 2.15. The number of carbonyl (C=O) groups is 1. The third kappa shape index (κ3) is 3.85. The Morgan fingerprint density at radius 3 is 2.70 bits per heavy atom. The van der Waals surface area contributed by atoms with Crippen molar-refractivity contribution in [1.29, 1.82) is 0 Å². The van der Waals surface area contributed by atoms with Crippen LogP contribution in [0.15, 0.2) is 24.3 Å². The van der Waals surface area contributed by atoms with Crippen LogP contribution in [0.2, 0.25) is 0 Å². The van der Waals surface area contributed by atoms with Crippen molar-refractivity contribution >= 4 is 16.8 Å². The van der Waals surface area contributed by atoms with Crippen LogP contribution in [0.3, 0.4) is 0 Å². The Morgan fingerprint density at radius 1 is 1.17 bits per heavy atom. The fourth-order valence-electron chi connectivity index (χ4n) is 3.14. The largest absolute Gasteiger partial charge is 0.342 e. The lowest BCUT2D eigenvalue weighted by Crippen LogP contribution is -2.41. The zero-order valence-corrected chi connectivity index (χ0v) is 14.0. The zero-order valence-electron chi connectivity index (χ0n) is 14.0. The van der Waals surface area contributed by atoms with Crippen molar-refractivity contribution in [2.75, 3.05) is 26.7 Å². The monoisotopic (exact) mass is 312 g/mol. The van der Waals surface area contributed by atoms with Crippen molar-refractivity contribution in [3.8, 4) is 0 Å². The minimum atomic E-state index is 0.213. The molecule has 1 amide bonds. The van der Waals surface area contributed by atoms with Crippen LogP contribution in [0.5, 0.6) is 0 Å². The molecular formula is C18H24N4O. The van der Waals surface area contributed by atoms with E-state index in [1.807, 2.05) is 48.0 Å². The van der Waals surface area contributed by atoms with E-state index >= 15 is 0 Å². The van der Waals surface area contributed by atoms with Crippen molar-refractivity contribution in [1.82, 2.24) is 19.8 Å². The minimum absolute atomic E-state index is 0.213. The average Bonchev–Trinajstić information content (AvgIpc) is 2.55. The topological polar surface area (TPSA) is 49.3 Å². The molecule has 23 heavy (non-hydrogen) atoms. The van der Waals surface area contributed by atoms with E-state index in [-0.39, 0.29) is 5.91 Å². The molecule has 0 atom stereocenters. The van der Waals surface area contributed by atoms with Crippen molar-refractivity contribution < 1.29 is 4.79 Å². The highest BCUT2D eigenvalue weighted by Gasteiger charge is 2.18. The van der Waals surface area contributed by atoms with E-state index < -0.39 is 0 Å². The molecule has 3 rings (SSSR count). The molecule has 1 aliphatic heterocycles. The molecule has 2 aromatic rings. The Morgan fingerprint density at radius 2 is 1.91 bits per heavy atom. The van der Waals surface area contributed by atoms with Gasteiger partial charge in [-0.05, 0) is 39.3 Å². The number of fused-ring (bicyclic) bond motifs is 1. The molecule has 0 unspecified atom stereocenters. The number of hydrogen-bond acceptors (Lipinski definition) is 4. The molecule has 122 valence electrons. The SMILES string of the molecule is Cc1nc(CN(C)CC(=O)N2CCCCC2)nc2ccccc12. The van der Waals surface area contributed by atoms with Crippen LogP contribution in [0, 0.1) is 6.92 Å². The van der Waals surface area contributed by atoms with Gasteiger partial charge in [-0.2, -0.15) is 0 Å². The first-order valence-corrected chi connectivity index (χ1v) is 8.32. The first-order valence-electron chi connectivity index (χ1n) is 8.32. The van der Waals surface area contributed by atoms with Crippen LogP contribution in [0.4, 0.5) is 0 Å². The molecule has 1 fully saturated rings. The first kappa shape index (κ1) is 15.9. The van der Waals surface area contributed by atoms with E-state index in [1.54, 1.807) is 0 Å². The van der Waals surface area contributed by atoms with Gasteiger partial charge in [0.25, 0.3) is 0 Å². The van der Waals surface area contributed by atoms with Crippen LogP contribution >= 0.6 is 0 Å². The summed E-state index contributed by atoms with van der Waals surface area (Å²) in [5.41, 5.74) is 1.95. The van der Waals surface area contributed by atoms with Crippen molar-refractivity contribution in [3.63, 3.8) is 0 Å². The van der Waals surface area contributed by atoms with Crippen LogP contribution < -0.4 is 0 Å². The molecule has 1 saturated heterocycles. The van der Waals surface area contributed by atoms with E-state index in [4.69, 9.17) is 0 Å². The van der Waals surface area contributed by atoms with Gasteiger partial charge >= 0.3 is 0 Å². The molecule has 5 heteroatoms. The number of likely N-dealkylation sites (tertiary alicyclic amines) is 1. The molecule has 2 heterocycles. The first-order chi connectivity index (χ1) is 11.1. The van der Waals surface area contributed by atoms with Gasteiger partial charge in [0.15, 0.2) is 0 Å². The lowest BCUT2D eigenvalue weighted by atomic mass is 10.1. The second-order valence-electron chi connectivity index (χ2n) is 6.36. The number of carbonyl (C=O) groups excluding carboxylic acids is 1. The molecule has 0 aliphatic carbocycles. The summed E-state index contributed by atoms with van der Waals surface area (Å²) < 4.78 is 0. The maximum absolute atomic E-state index is 12.3. The van der Waals surface area contributed by atoms with Crippen molar-refractivity contribution in [2.45, 2.75) is 32.7 Å². The van der Waals surface area contributed by atoms with E-state index in [1.165, 1.54) is 6.42 Å². The summed E-state index contributed by atoms with van der Waals surface area (Å²) in [5, 5.41) is 1.09. The second-order valence-corrected chi connectivity index (χ2v) is 6.36. The van der Waals surface area contributed by atoms with Gasteiger partial charge in [-0.15, -0.1) is 0 Å². The average molecular weight is 312 g/mol. The van der Waals surface area contributed by atoms with E-state index in [0.29, 0.717) is 13.1 Å². The van der Waals surface area contributed by atoms with Crippen molar-refractivity contribution in [2.24, 2.45) is 0 Å². The smallest absolute Gasteiger partial charge is 0.236 e. The maximum atomic E-state index is 12.3. The van der Waals surface area contributed by atoms with Gasteiger partial charge in [0.2, 0.25) is 5.91 Å². The van der Waals surface area contributed by atoms with Crippen LogP contribution in [0.25, 0.3) is 10.9 Å². The number of piperidine rings is 1. The summed E-state index contributed by atoms with van der Waals surface area (Å²) in [6.07, 6.45) is 3.49. The predicted octanol–water partition coefficient (Wildman–Crippen LogP) is 2.38. The van der Waals surface area contributed by atoms with E-state index in [2.05, 4.69) is 9.97 Å². The number of likely N-dealkylation sites (N-methyl/N-ethyl adjacent to an activating group) is 1. The Kier molecular flexibility index (Phi) is 4.86. The number of aryl methyl sites for hydroxylation is 1. The number of para-hydroxylation sites is 1. The second kappa shape index (κ2) is 7.04. The fourth-order valence-corrected chi connectivity index (χ4v) is 3.14. The number of amides is 1. The molecule has 0 radical (unpaired) electrons. The quantitative estimate of drug-likeness (QED) is 0.870. The number of hydrogen-bond donors (Lipinski definition) is 0. The highest BCUT2D eigenvalue weighted by molar-refractivity contribution is 5.80. The standard InChI is InChI=1S/C18H24N4O/c1-14-15-8-4-5-9-16(15)20-17(19-14)12-21(2)13-18(23)22-10-6-3-7-11-22/h4-5,8-9H,3,6-7,10-13H2,1-2H3. The molecule has 1 aliphatic rings. The van der Waals surface area contributed by atoms with Gasteiger partial charge in [0.05, 0.1) is 18.6 Å². The summed E-state index contributed by atoms with van der Waals surface area (Å²) in [4.78, 5) is 25.5. The molecular weight excluding hydrogens is 288 g/mol. The lowest BCUT2D eigenvalue weighted by Gasteiger charge is -2.28. The van der Waals surface area contributed by atoms with Gasteiger partial charge in [-0.3, -0.25) is 9.69 Å². The molecule has 5 nitrogen and oxygen atoms in total. The molecule has 1 aromatic carbocycles. The number of benzene rings is 1. The van der Waals surface area contributed by atoms with Gasteiger partial charge in [0, 0.05) is 24.2 Å². The summed E-state index contributed by atoms with van der Waals surface area (Å²) in [5.74, 6) is 0.986. The Balaban J connectivity index is 1.65. The van der Waals surface area contributed by atoms with Crippen LogP contribution in [0.1, 0.15) is 30.8 Å². The van der Waals surface area contributed by atoms with Crippen LogP contribution in [-0.2, 0) is 11.3 Å². The van der Waals surface area contributed by atoms with Crippen LogP contribution in [-0.4, -0.2) is 52.4 Å². The maximum Gasteiger partial charge on any atom is 0.236 e. The Hall–Kier alpha value is -2.01. The molecule has 0 bridgehead atoms. The zero-order chi connectivity index (χ0) is 16.2. The minimum Gasteiger partial charge on any atom is -0.342 e. The van der Waals surface area contributed by atoms with Gasteiger partial charge in [-0.25, -0.2) is 9.97 Å². The van der Waals surface area contributed by atoms with E-state index in [0.717, 1.165) is 48.4 Å². The summed E-state index contributed by atoms with van der Waals surface area (Å²) in [7, 11) is 1.95. The summed E-state index contributed by atoms with van der Waals surface area (Å²) in [6.45, 7) is 4.82. The third-order valence-corrected chi connectivity index (χ3v) is 4.37. The van der Waals surface area contributed by atoms with Gasteiger partial charge < -0.3 is 4.90 Å². The summed E-state index contributed by atoms with van der Waals surface area (Å²) >= 11 is 0. The van der Waals surface area contributed by atoms with E-state index in [9.17, 15) is 4.79 Å². The highest BCUT2D eigenvalue weighted by atomic mass is 16.2. The number of aromatic nitrogens is 2. The Bertz CT molecular complexity index is 694. The molecule has 0 spiro atoms. The lowest BCUT2D eigenvalue weighted by molar-refractivity contribution is -0.133. The van der Waals surface area contributed by atoms with Gasteiger partial charge in [-0.1, -0.05) is 18.2 Å². The fraction of sp³-hybridized carbons (Fsp3) is 0.500. The predicted molar refractivity (Wildman–Crippen MR) is 91.0 cm³/mol. The third-order valence-electron chi connectivity index (χ3n) is 4.37. The number of rotatable bonds is 4. The summed E-state index contributed by atoms with van der Waals surface area (Å²) in [6, 6.07) is 8.04. The molecule has 1 aromatic heterocycles. The Labute approximate surface area is 137 Å².